The summed E-state index contributed by atoms with van der Waals surface area (Å²) in [5, 5.41) is 5.62. The molecule has 11 heteroatoms. The first kappa shape index (κ1) is 21.7. The molecular formula is C19H23N7O2S2. The molecule has 0 radical (unpaired) electrons. The number of nitrogens with two attached hydrogens (primary N) is 2. The van der Waals surface area contributed by atoms with Crippen molar-refractivity contribution in [3.05, 3.63) is 63.0 Å². The highest BCUT2D eigenvalue weighted by atomic mass is 32.2. The minimum absolute atomic E-state index is 0.00348. The van der Waals surface area contributed by atoms with E-state index in [0.29, 0.717) is 29.6 Å². The number of hydrogen-bond acceptors (Lipinski definition) is 8. The van der Waals surface area contributed by atoms with E-state index >= 15 is 0 Å². The summed E-state index contributed by atoms with van der Waals surface area (Å²) >= 11 is 3.11. The first-order valence-electron chi connectivity index (χ1n) is 9.10. The van der Waals surface area contributed by atoms with Crippen LogP contribution in [0.5, 0.6) is 5.75 Å². The number of aromatic nitrogens is 3. The van der Waals surface area contributed by atoms with Crippen molar-refractivity contribution in [3.8, 4) is 5.75 Å². The van der Waals surface area contributed by atoms with E-state index in [1.54, 1.807) is 25.1 Å². The Bertz CT molecular complexity index is 1060. The zero-order valence-corrected chi connectivity index (χ0v) is 18.1. The number of aromatic amines is 1. The molecule has 0 fully saturated rings. The molecule has 1 aromatic carbocycles. The van der Waals surface area contributed by atoms with Crippen LogP contribution in [0.15, 0.2) is 45.6 Å². The zero-order valence-electron chi connectivity index (χ0n) is 16.4. The first-order chi connectivity index (χ1) is 14.5. The van der Waals surface area contributed by atoms with Crippen molar-refractivity contribution in [2.24, 2.45) is 16.5 Å². The number of ether oxygens (including phenoxy) is 1. The molecule has 0 unspecified atom stereocenters. The van der Waals surface area contributed by atoms with Crippen LogP contribution in [0, 0.1) is 0 Å². The second-order valence-electron chi connectivity index (χ2n) is 6.25. The van der Waals surface area contributed by atoms with E-state index < -0.39 is 0 Å². The summed E-state index contributed by atoms with van der Waals surface area (Å²) in [5.41, 5.74) is 13.1. The van der Waals surface area contributed by atoms with Crippen molar-refractivity contribution in [2.75, 3.05) is 24.7 Å². The van der Waals surface area contributed by atoms with Gasteiger partial charge in [0.1, 0.15) is 5.75 Å². The van der Waals surface area contributed by atoms with Gasteiger partial charge in [-0.25, -0.2) is 9.97 Å². The topological polar surface area (TPSA) is 144 Å². The van der Waals surface area contributed by atoms with Gasteiger partial charge in [0.2, 0.25) is 11.1 Å². The molecule has 0 spiro atoms. The average Bonchev–Trinajstić information content (AvgIpc) is 3.16. The molecule has 158 valence electrons. The van der Waals surface area contributed by atoms with E-state index in [0.717, 1.165) is 28.5 Å². The maximum absolute atomic E-state index is 12.3. The molecule has 0 aliphatic heterocycles. The molecule has 30 heavy (non-hydrogen) atoms. The molecule has 0 saturated carbocycles. The molecular weight excluding hydrogens is 422 g/mol. The Hall–Kier alpha value is -3.05. The number of thiazole rings is 1. The Morgan fingerprint density at radius 2 is 2.27 bits per heavy atom. The van der Waals surface area contributed by atoms with Gasteiger partial charge in [0.05, 0.1) is 12.8 Å². The number of methoxy groups -OCH3 is 1. The second-order valence-corrected chi connectivity index (χ2v) is 8.19. The van der Waals surface area contributed by atoms with E-state index in [1.165, 1.54) is 11.3 Å². The van der Waals surface area contributed by atoms with Gasteiger partial charge in [-0.1, -0.05) is 12.1 Å². The zero-order chi connectivity index (χ0) is 21.3. The fourth-order valence-electron chi connectivity index (χ4n) is 2.58. The lowest BCUT2D eigenvalue weighted by atomic mass is 10.1. The van der Waals surface area contributed by atoms with Crippen LogP contribution in [0.3, 0.4) is 0 Å². The summed E-state index contributed by atoms with van der Waals surface area (Å²) in [6, 6.07) is 7.63. The van der Waals surface area contributed by atoms with E-state index in [4.69, 9.17) is 16.2 Å². The molecule has 0 atom stereocenters. The maximum Gasteiger partial charge on any atom is 0.255 e. The van der Waals surface area contributed by atoms with Crippen LogP contribution in [0.2, 0.25) is 0 Å². The van der Waals surface area contributed by atoms with E-state index in [1.807, 2.05) is 29.6 Å². The number of nitrogens with one attached hydrogen (secondary N) is 2. The Morgan fingerprint density at radius 3 is 3.03 bits per heavy atom. The van der Waals surface area contributed by atoms with Crippen molar-refractivity contribution >= 4 is 40.1 Å². The standard InChI is InChI=1S/C19H23N7O2S2/c1-28-15-4-2-3-12(8-15)7-13-9-23-18(25-16(13)27)22-5-6-29-10-14-11-30-19(24-14)26-17(20)21/h2-4,8-9,11H,5-7,10H2,1H3,(H4,20,21,24,26)(H2,22,23,25,27). The molecule has 9 nitrogen and oxygen atoms in total. The van der Waals surface area contributed by atoms with Gasteiger partial charge in [-0.3, -0.25) is 9.78 Å². The van der Waals surface area contributed by atoms with E-state index in [-0.39, 0.29) is 11.5 Å². The lowest BCUT2D eigenvalue weighted by Crippen LogP contribution is -2.21. The number of benzene rings is 1. The Morgan fingerprint density at radius 1 is 1.40 bits per heavy atom. The molecule has 0 saturated heterocycles. The minimum atomic E-state index is -0.155. The quantitative estimate of drug-likeness (QED) is 0.211. The van der Waals surface area contributed by atoms with Crippen molar-refractivity contribution in [1.82, 2.24) is 15.0 Å². The molecule has 0 bridgehead atoms. The van der Waals surface area contributed by atoms with Crippen LogP contribution in [0.25, 0.3) is 0 Å². The fraction of sp³-hybridized carbons (Fsp3) is 0.263. The predicted molar refractivity (Wildman–Crippen MR) is 123 cm³/mol. The smallest absolute Gasteiger partial charge is 0.255 e. The van der Waals surface area contributed by atoms with Crippen molar-refractivity contribution < 1.29 is 4.74 Å². The van der Waals surface area contributed by atoms with Gasteiger partial charge in [0.15, 0.2) is 5.96 Å². The lowest BCUT2D eigenvalue weighted by Gasteiger charge is -2.07. The molecule has 3 aromatic rings. The van der Waals surface area contributed by atoms with Gasteiger partial charge in [-0.2, -0.15) is 16.8 Å². The molecule has 0 amide bonds. The molecule has 3 rings (SSSR count). The third-order valence-corrected chi connectivity index (χ3v) is 5.73. The van der Waals surface area contributed by atoms with Crippen LogP contribution in [0.4, 0.5) is 11.1 Å². The number of nitrogens with zero attached hydrogens (tertiary/aromatic N) is 3. The minimum Gasteiger partial charge on any atom is -0.497 e. The Balaban J connectivity index is 1.45. The third-order valence-electron chi connectivity index (χ3n) is 3.95. The number of H-pyrrole nitrogens is 1. The highest BCUT2D eigenvalue weighted by Crippen LogP contribution is 2.21. The fourth-order valence-corrected chi connectivity index (χ4v) is 4.14. The van der Waals surface area contributed by atoms with Gasteiger partial charge >= 0.3 is 0 Å². The van der Waals surface area contributed by atoms with Gasteiger partial charge in [-0.15, -0.1) is 11.3 Å². The van der Waals surface area contributed by atoms with Crippen LogP contribution >= 0.6 is 23.1 Å². The van der Waals surface area contributed by atoms with E-state index in [2.05, 4.69) is 25.3 Å². The molecule has 2 aromatic heterocycles. The predicted octanol–water partition coefficient (Wildman–Crippen LogP) is 2.08. The highest BCUT2D eigenvalue weighted by Gasteiger charge is 2.06. The first-order valence-corrected chi connectivity index (χ1v) is 11.1. The number of rotatable bonds is 10. The Labute approximate surface area is 182 Å². The SMILES string of the molecule is COc1cccc(Cc2cnc(NCCSCc3csc(N=C(N)N)n3)[nH]c2=O)c1. The monoisotopic (exact) mass is 445 g/mol. The van der Waals surface area contributed by atoms with Gasteiger partial charge in [0.25, 0.3) is 5.56 Å². The summed E-state index contributed by atoms with van der Waals surface area (Å²) in [4.78, 5) is 27.7. The summed E-state index contributed by atoms with van der Waals surface area (Å²) in [5.74, 6) is 2.80. The van der Waals surface area contributed by atoms with Gasteiger partial charge < -0.3 is 21.5 Å². The van der Waals surface area contributed by atoms with Crippen molar-refractivity contribution in [1.29, 1.82) is 0 Å². The van der Waals surface area contributed by atoms with Crippen LogP contribution < -0.4 is 27.1 Å². The summed E-state index contributed by atoms with van der Waals surface area (Å²) in [7, 11) is 1.62. The molecule has 2 heterocycles. The van der Waals surface area contributed by atoms with Gasteiger partial charge in [0, 0.05) is 41.6 Å². The highest BCUT2D eigenvalue weighted by molar-refractivity contribution is 7.98. The van der Waals surface area contributed by atoms with Crippen LogP contribution in [0.1, 0.15) is 16.8 Å². The number of guanidine groups is 1. The Kier molecular flexibility index (Phi) is 7.69. The number of hydrogen-bond donors (Lipinski definition) is 4. The second kappa shape index (κ2) is 10.6. The van der Waals surface area contributed by atoms with Crippen LogP contribution in [-0.4, -0.2) is 40.3 Å². The van der Waals surface area contributed by atoms with Crippen molar-refractivity contribution in [2.45, 2.75) is 12.2 Å². The third kappa shape index (κ3) is 6.49. The van der Waals surface area contributed by atoms with Crippen LogP contribution in [-0.2, 0) is 12.2 Å². The molecule has 0 aliphatic carbocycles. The largest absolute Gasteiger partial charge is 0.497 e. The van der Waals surface area contributed by atoms with E-state index in [9.17, 15) is 4.79 Å². The summed E-state index contributed by atoms with van der Waals surface area (Å²) < 4.78 is 5.22. The number of thioether (sulfide) groups is 1. The number of aliphatic imine (C=N–C) groups is 1. The number of anilines is 1. The molecule has 0 aliphatic rings. The van der Waals surface area contributed by atoms with Crippen molar-refractivity contribution in [3.63, 3.8) is 0 Å². The lowest BCUT2D eigenvalue weighted by molar-refractivity contribution is 0.414. The summed E-state index contributed by atoms with van der Waals surface area (Å²) in [6.07, 6.45) is 2.10. The maximum atomic E-state index is 12.3. The average molecular weight is 446 g/mol. The molecule has 6 N–H and O–H groups in total. The summed E-state index contributed by atoms with van der Waals surface area (Å²) in [6.45, 7) is 0.660. The normalized spacial score (nSPS) is 10.6. The van der Waals surface area contributed by atoms with Gasteiger partial charge in [-0.05, 0) is 17.7 Å².